The highest BCUT2D eigenvalue weighted by Crippen LogP contribution is 2.19. The molecule has 0 saturated carbocycles. The first-order valence-electron chi connectivity index (χ1n) is 8.76. The summed E-state index contributed by atoms with van der Waals surface area (Å²) in [6.45, 7) is 6.21. The molecule has 0 aliphatic carbocycles. The van der Waals surface area contributed by atoms with Crippen molar-refractivity contribution in [1.29, 1.82) is 0 Å². The molecule has 27 heavy (non-hydrogen) atoms. The van der Waals surface area contributed by atoms with Gasteiger partial charge < -0.3 is 9.08 Å². The quantitative estimate of drug-likeness (QED) is 0.639. The molecule has 5 nitrogen and oxygen atoms in total. The molecule has 1 amide bonds. The Balaban J connectivity index is 2.24. The van der Waals surface area contributed by atoms with Crippen molar-refractivity contribution in [2.75, 3.05) is 12.3 Å². The highest BCUT2D eigenvalue weighted by Gasteiger charge is 2.18. The minimum Gasteiger partial charge on any atom is -0.382 e. The van der Waals surface area contributed by atoms with Crippen molar-refractivity contribution >= 4 is 16.0 Å². The summed E-state index contributed by atoms with van der Waals surface area (Å²) in [6.07, 6.45) is 0. The molecule has 0 fully saturated rings. The van der Waals surface area contributed by atoms with Gasteiger partial charge in [0.2, 0.25) is 0 Å². The number of halogens is 1. The molecule has 0 aliphatic rings. The molecule has 0 bridgehead atoms. The zero-order valence-corrected chi connectivity index (χ0v) is 16.5. The molecule has 0 heterocycles. The van der Waals surface area contributed by atoms with E-state index in [2.05, 4.69) is 0 Å². The highest BCUT2D eigenvalue weighted by atomic mass is 32.2. The summed E-state index contributed by atoms with van der Waals surface area (Å²) in [5, 5.41) is 0. The third-order valence-corrected chi connectivity index (χ3v) is 4.95. The van der Waals surface area contributed by atoms with Crippen molar-refractivity contribution in [2.24, 2.45) is 5.92 Å². The Hall–Kier alpha value is -2.41. The molecule has 0 unspecified atom stereocenters. The van der Waals surface area contributed by atoms with E-state index in [4.69, 9.17) is 4.18 Å². The summed E-state index contributed by atoms with van der Waals surface area (Å²) in [6, 6.07) is 12.2. The van der Waals surface area contributed by atoms with Crippen LogP contribution in [0.15, 0.2) is 48.5 Å². The number of amides is 1. The van der Waals surface area contributed by atoms with Crippen LogP contribution >= 0.6 is 0 Å². The molecule has 2 aromatic rings. The van der Waals surface area contributed by atoms with Gasteiger partial charge in [-0.1, -0.05) is 32.0 Å². The van der Waals surface area contributed by atoms with Gasteiger partial charge in [0.15, 0.2) is 0 Å². The van der Waals surface area contributed by atoms with Gasteiger partial charge in [-0.2, -0.15) is 8.42 Å². The van der Waals surface area contributed by atoms with E-state index in [1.807, 2.05) is 13.8 Å². The summed E-state index contributed by atoms with van der Waals surface area (Å²) < 4.78 is 41.8. The third-order valence-electron chi connectivity index (χ3n) is 3.79. The Morgan fingerprint density at radius 1 is 1.15 bits per heavy atom. The summed E-state index contributed by atoms with van der Waals surface area (Å²) >= 11 is 0. The maximum atomic E-state index is 13.5. The van der Waals surface area contributed by atoms with Crippen LogP contribution in [0, 0.1) is 11.7 Å². The lowest BCUT2D eigenvalue weighted by Crippen LogP contribution is -2.33. The van der Waals surface area contributed by atoms with Crippen LogP contribution in [0.5, 0.6) is 5.75 Å². The first-order chi connectivity index (χ1) is 12.7. The van der Waals surface area contributed by atoms with Gasteiger partial charge in [0.25, 0.3) is 5.91 Å². The van der Waals surface area contributed by atoms with Crippen LogP contribution in [-0.2, 0) is 16.7 Å². The first kappa shape index (κ1) is 20.9. The topological polar surface area (TPSA) is 63.7 Å². The molecule has 7 heteroatoms. The second-order valence-electron chi connectivity index (χ2n) is 6.67. The maximum absolute atomic E-state index is 13.5. The number of nitrogens with zero attached hydrogens (tertiary/aromatic N) is 1. The molecule has 0 spiro atoms. The number of hydrogen-bond acceptors (Lipinski definition) is 4. The van der Waals surface area contributed by atoms with Gasteiger partial charge in [0.05, 0.1) is 5.75 Å². The van der Waals surface area contributed by atoms with E-state index < -0.39 is 15.9 Å². The predicted molar refractivity (Wildman–Crippen MR) is 103 cm³/mol. The monoisotopic (exact) mass is 393 g/mol. The van der Waals surface area contributed by atoms with E-state index >= 15 is 0 Å². The highest BCUT2D eigenvalue weighted by molar-refractivity contribution is 7.87. The fourth-order valence-corrected chi connectivity index (χ4v) is 3.10. The normalized spacial score (nSPS) is 11.4. The lowest BCUT2D eigenvalue weighted by atomic mass is 10.1. The lowest BCUT2D eigenvalue weighted by molar-refractivity contribution is 0.0722. The van der Waals surface area contributed by atoms with Crippen molar-refractivity contribution < 1.29 is 21.8 Å². The van der Waals surface area contributed by atoms with Crippen LogP contribution in [0.3, 0.4) is 0 Å². The van der Waals surface area contributed by atoms with Gasteiger partial charge in [-0.25, -0.2) is 4.39 Å². The molecule has 0 atom stereocenters. The zero-order chi connectivity index (χ0) is 20.0. The smallest absolute Gasteiger partial charge is 0.308 e. The number of benzene rings is 2. The standard InChI is InChI=1S/C20H24FNO4S/c1-4-27(24,25)26-19-10-5-7-16(11-19)14-22(13-15(2)3)20(23)17-8-6-9-18(21)12-17/h5-12,15H,4,13-14H2,1-3H3. The second kappa shape index (κ2) is 8.99. The Morgan fingerprint density at radius 3 is 2.48 bits per heavy atom. The van der Waals surface area contributed by atoms with Crippen molar-refractivity contribution in [3.8, 4) is 5.75 Å². The van der Waals surface area contributed by atoms with E-state index in [0.29, 0.717) is 6.54 Å². The molecule has 146 valence electrons. The Labute approximate surface area is 159 Å². The maximum Gasteiger partial charge on any atom is 0.308 e. The average molecular weight is 393 g/mol. The van der Waals surface area contributed by atoms with Crippen molar-refractivity contribution in [3.05, 3.63) is 65.5 Å². The van der Waals surface area contributed by atoms with E-state index in [-0.39, 0.29) is 35.4 Å². The Morgan fingerprint density at radius 2 is 1.85 bits per heavy atom. The van der Waals surface area contributed by atoms with Crippen molar-refractivity contribution in [2.45, 2.75) is 27.3 Å². The minimum absolute atomic E-state index is 0.130. The zero-order valence-electron chi connectivity index (χ0n) is 15.7. The number of hydrogen-bond donors (Lipinski definition) is 0. The van der Waals surface area contributed by atoms with E-state index in [9.17, 15) is 17.6 Å². The summed E-state index contributed by atoms with van der Waals surface area (Å²) in [4.78, 5) is 14.4. The number of carbonyl (C=O) groups excluding carboxylic acids is 1. The predicted octanol–water partition coefficient (Wildman–Crippen LogP) is 3.85. The fraction of sp³-hybridized carbons (Fsp3) is 0.350. The second-order valence-corrected chi connectivity index (χ2v) is 8.53. The minimum atomic E-state index is -3.62. The molecule has 2 rings (SSSR count). The van der Waals surface area contributed by atoms with E-state index in [1.54, 1.807) is 35.2 Å². The fourth-order valence-electron chi connectivity index (χ4n) is 2.59. The van der Waals surface area contributed by atoms with Crippen LogP contribution in [0.2, 0.25) is 0 Å². The SMILES string of the molecule is CCS(=O)(=O)Oc1cccc(CN(CC(C)C)C(=O)c2cccc(F)c2)c1. The number of carbonyl (C=O) groups is 1. The van der Waals surface area contributed by atoms with E-state index in [0.717, 1.165) is 5.56 Å². The molecule has 0 saturated heterocycles. The summed E-state index contributed by atoms with van der Waals surface area (Å²) in [7, 11) is -3.62. The summed E-state index contributed by atoms with van der Waals surface area (Å²) in [5.74, 6) is -0.463. The van der Waals surface area contributed by atoms with Gasteiger partial charge in [0, 0.05) is 18.7 Å². The van der Waals surface area contributed by atoms with Crippen molar-refractivity contribution in [1.82, 2.24) is 4.90 Å². The van der Waals surface area contributed by atoms with Crippen LogP contribution in [-0.4, -0.2) is 31.5 Å². The van der Waals surface area contributed by atoms with Gasteiger partial charge in [-0.05, 0) is 48.7 Å². The lowest BCUT2D eigenvalue weighted by Gasteiger charge is -2.25. The molecule has 0 N–H and O–H groups in total. The average Bonchev–Trinajstić information content (AvgIpc) is 2.60. The van der Waals surface area contributed by atoms with Gasteiger partial charge in [0.1, 0.15) is 11.6 Å². The molecule has 0 radical (unpaired) electrons. The Kier molecular flexibility index (Phi) is 6.96. The molecular formula is C20H24FNO4S. The Bertz CT molecular complexity index is 896. The summed E-state index contributed by atoms with van der Waals surface area (Å²) in [5.41, 5.74) is 1.00. The van der Waals surface area contributed by atoms with Gasteiger partial charge >= 0.3 is 10.1 Å². The van der Waals surface area contributed by atoms with Crippen LogP contribution in [0.25, 0.3) is 0 Å². The molecule has 0 aliphatic heterocycles. The number of rotatable bonds is 8. The third kappa shape index (κ3) is 6.36. The van der Waals surface area contributed by atoms with Crippen molar-refractivity contribution in [3.63, 3.8) is 0 Å². The molecule has 0 aromatic heterocycles. The van der Waals surface area contributed by atoms with Crippen LogP contribution < -0.4 is 4.18 Å². The van der Waals surface area contributed by atoms with Gasteiger partial charge in [-0.15, -0.1) is 0 Å². The molecule has 2 aromatic carbocycles. The molecular weight excluding hydrogens is 369 g/mol. The van der Waals surface area contributed by atoms with Crippen LogP contribution in [0.4, 0.5) is 4.39 Å². The largest absolute Gasteiger partial charge is 0.382 e. The van der Waals surface area contributed by atoms with Gasteiger partial charge in [-0.3, -0.25) is 4.79 Å². The van der Waals surface area contributed by atoms with E-state index in [1.165, 1.54) is 25.1 Å². The first-order valence-corrected chi connectivity index (χ1v) is 10.3. The van der Waals surface area contributed by atoms with Crippen LogP contribution in [0.1, 0.15) is 36.7 Å².